The van der Waals surface area contributed by atoms with E-state index in [4.69, 9.17) is 0 Å². The standard InChI is InChI=1S/C16H17N5/c1-12-4-8-18-15(20-12)13-5-9-21(10-6-13)16-14(11-17)3-2-7-19-16/h2-4,7-8,13H,5-6,9-10H2,1H3. The van der Waals surface area contributed by atoms with Crippen molar-refractivity contribution in [2.45, 2.75) is 25.7 Å². The molecule has 1 fully saturated rings. The van der Waals surface area contributed by atoms with Crippen LogP contribution in [-0.2, 0) is 0 Å². The van der Waals surface area contributed by atoms with Gasteiger partial charge in [-0.15, -0.1) is 0 Å². The first kappa shape index (κ1) is 13.5. The smallest absolute Gasteiger partial charge is 0.146 e. The molecule has 21 heavy (non-hydrogen) atoms. The molecule has 5 nitrogen and oxygen atoms in total. The van der Waals surface area contributed by atoms with E-state index in [0.717, 1.165) is 43.3 Å². The highest BCUT2D eigenvalue weighted by Crippen LogP contribution is 2.28. The van der Waals surface area contributed by atoms with Crippen LogP contribution in [0.25, 0.3) is 0 Å². The van der Waals surface area contributed by atoms with E-state index in [1.54, 1.807) is 12.3 Å². The molecule has 0 radical (unpaired) electrons. The van der Waals surface area contributed by atoms with Crippen molar-refractivity contribution in [1.29, 1.82) is 5.26 Å². The van der Waals surface area contributed by atoms with Gasteiger partial charge < -0.3 is 4.90 Å². The number of piperidine rings is 1. The summed E-state index contributed by atoms with van der Waals surface area (Å²) in [6, 6.07) is 7.76. The summed E-state index contributed by atoms with van der Waals surface area (Å²) in [4.78, 5) is 15.5. The number of hydrogen-bond acceptors (Lipinski definition) is 5. The maximum absolute atomic E-state index is 9.17. The lowest BCUT2D eigenvalue weighted by Crippen LogP contribution is -2.34. The van der Waals surface area contributed by atoms with Gasteiger partial charge in [0.25, 0.3) is 0 Å². The molecular weight excluding hydrogens is 262 g/mol. The minimum absolute atomic E-state index is 0.399. The van der Waals surface area contributed by atoms with Gasteiger partial charge in [0, 0.05) is 37.1 Å². The van der Waals surface area contributed by atoms with E-state index < -0.39 is 0 Å². The number of hydrogen-bond donors (Lipinski definition) is 0. The summed E-state index contributed by atoms with van der Waals surface area (Å²) < 4.78 is 0. The zero-order valence-corrected chi connectivity index (χ0v) is 12.0. The molecule has 3 rings (SSSR count). The van der Waals surface area contributed by atoms with Gasteiger partial charge in [0.05, 0.1) is 5.56 Å². The fourth-order valence-corrected chi connectivity index (χ4v) is 2.75. The van der Waals surface area contributed by atoms with Crippen LogP contribution in [0.15, 0.2) is 30.6 Å². The van der Waals surface area contributed by atoms with Crippen LogP contribution >= 0.6 is 0 Å². The van der Waals surface area contributed by atoms with Crippen molar-refractivity contribution >= 4 is 5.82 Å². The summed E-state index contributed by atoms with van der Waals surface area (Å²) in [7, 11) is 0. The Kier molecular flexibility index (Phi) is 3.78. The Hall–Kier alpha value is -2.48. The van der Waals surface area contributed by atoms with Crippen molar-refractivity contribution in [2.24, 2.45) is 0 Å². The summed E-state index contributed by atoms with van der Waals surface area (Å²) in [5.41, 5.74) is 1.65. The molecule has 0 amide bonds. The van der Waals surface area contributed by atoms with Crippen molar-refractivity contribution < 1.29 is 0 Å². The molecule has 0 aromatic carbocycles. The van der Waals surface area contributed by atoms with E-state index in [1.807, 2.05) is 25.3 Å². The third kappa shape index (κ3) is 2.84. The van der Waals surface area contributed by atoms with Gasteiger partial charge in [-0.3, -0.25) is 0 Å². The number of nitriles is 1. The fourth-order valence-electron chi connectivity index (χ4n) is 2.75. The van der Waals surface area contributed by atoms with Crippen LogP contribution in [0.3, 0.4) is 0 Å². The first-order valence-corrected chi connectivity index (χ1v) is 7.17. The van der Waals surface area contributed by atoms with Crippen LogP contribution in [-0.4, -0.2) is 28.0 Å². The summed E-state index contributed by atoms with van der Waals surface area (Å²) in [6.07, 6.45) is 5.55. The number of aryl methyl sites for hydroxylation is 1. The van der Waals surface area contributed by atoms with Gasteiger partial charge in [-0.1, -0.05) is 0 Å². The molecule has 0 atom stereocenters. The zero-order chi connectivity index (χ0) is 14.7. The minimum Gasteiger partial charge on any atom is -0.355 e. The van der Waals surface area contributed by atoms with Crippen molar-refractivity contribution in [3.8, 4) is 6.07 Å². The van der Waals surface area contributed by atoms with E-state index in [2.05, 4.69) is 25.9 Å². The molecule has 3 heterocycles. The van der Waals surface area contributed by atoms with Crippen LogP contribution in [0.2, 0.25) is 0 Å². The molecule has 0 unspecified atom stereocenters. The molecule has 0 spiro atoms. The molecule has 2 aromatic rings. The SMILES string of the molecule is Cc1ccnc(C2CCN(c3ncccc3C#N)CC2)n1. The maximum Gasteiger partial charge on any atom is 0.146 e. The lowest BCUT2D eigenvalue weighted by Gasteiger charge is -2.32. The molecule has 0 bridgehead atoms. The number of rotatable bonds is 2. The largest absolute Gasteiger partial charge is 0.355 e. The monoisotopic (exact) mass is 279 g/mol. The van der Waals surface area contributed by atoms with Gasteiger partial charge in [-0.25, -0.2) is 15.0 Å². The molecule has 0 saturated carbocycles. The fraction of sp³-hybridized carbons (Fsp3) is 0.375. The maximum atomic E-state index is 9.17. The number of pyridine rings is 1. The summed E-state index contributed by atoms with van der Waals surface area (Å²) >= 11 is 0. The summed E-state index contributed by atoms with van der Waals surface area (Å²) in [5, 5.41) is 9.17. The van der Waals surface area contributed by atoms with Crippen molar-refractivity contribution in [3.05, 3.63) is 47.7 Å². The number of nitrogens with zero attached hydrogens (tertiary/aromatic N) is 5. The molecule has 0 aliphatic carbocycles. The highest BCUT2D eigenvalue weighted by atomic mass is 15.2. The molecule has 106 valence electrons. The van der Waals surface area contributed by atoms with Crippen molar-refractivity contribution in [2.75, 3.05) is 18.0 Å². The highest BCUT2D eigenvalue weighted by Gasteiger charge is 2.24. The Balaban J connectivity index is 1.72. The van der Waals surface area contributed by atoms with Gasteiger partial charge in [0.2, 0.25) is 0 Å². The van der Waals surface area contributed by atoms with E-state index in [-0.39, 0.29) is 0 Å². The van der Waals surface area contributed by atoms with Gasteiger partial charge in [0.15, 0.2) is 0 Å². The third-order valence-electron chi connectivity index (χ3n) is 3.88. The van der Waals surface area contributed by atoms with Gasteiger partial charge in [0.1, 0.15) is 17.7 Å². The Morgan fingerprint density at radius 1 is 1.19 bits per heavy atom. The molecule has 1 aliphatic heterocycles. The van der Waals surface area contributed by atoms with E-state index in [1.165, 1.54) is 0 Å². The van der Waals surface area contributed by atoms with Crippen molar-refractivity contribution in [1.82, 2.24) is 15.0 Å². The van der Waals surface area contributed by atoms with E-state index in [0.29, 0.717) is 11.5 Å². The molecule has 1 saturated heterocycles. The van der Waals surface area contributed by atoms with E-state index in [9.17, 15) is 5.26 Å². The van der Waals surface area contributed by atoms with Crippen LogP contribution in [0.4, 0.5) is 5.82 Å². The van der Waals surface area contributed by atoms with Gasteiger partial charge >= 0.3 is 0 Å². The normalized spacial score (nSPS) is 15.7. The van der Waals surface area contributed by atoms with Crippen LogP contribution in [0, 0.1) is 18.3 Å². The average molecular weight is 279 g/mol. The number of aromatic nitrogens is 3. The lowest BCUT2D eigenvalue weighted by molar-refractivity contribution is 0.482. The second kappa shape index (κ2) is 5.88. The first-order chi connectivity index (χ1) is 10.3. The zero-order valence-electron chi connectivity index (χ0n) is 12.0. The Morgan fingerprint density at radius 2 is 2.00 bits per heavy atom. The Morgan fingerprint density at radius 3 is 2.71 bits per heavy atom. The molecule has 0 N–H and O–H groups in total. The Bertz CT molecular complexity index is 668. The first-order valence-electron chi connectivity index (χ1n) is 7.17. The average Bonchev–Trinajstić information content (AvgIpc) is 2.55. The topological polar surface area (TPSA) is 65.7 Å². The molecule has 1 aliphatic rings. The molecular formula is C16H17N5. The van der Waals surface area contributed by atoms with E-state index >= 15 is 0 Å². The Labute approximate surface area is 124 Å². The summed E-state index contributed by atoms with van der Waals surface area (Å²) in [6.45, 7) is 3.76. The van der Waals surface area contributed by atoms with Crippen LogP contribution in [0.1, 0.15) is 35.8 Å². The second-order valence-corrected chi connectivity index (χ2v) is 5.30. The predicted octanol–water partition coefficient (Wildman–Crippen LogP) is 2.44. The predicted molar refractivity (Wildman–Crippen MR) is 79.9 cm³/mol. The van der Waals surface area contributed by atoms with Crippen molar-refractivity contribution in [3.63, 3.8) is 0 Å². The van der Waals surface area contributed by atoms with Gasteiger partial charge in [-0.2, -0.15) is 5.26 Å². The van der Waals surface area contributed by atoms with Crippen LogP contribution < -0.4 is 4.90 Å². The molecule has 2 aromatic heterocycles. The lowest BCUT2D eigenvalue weighted by atomic mass is 9.95. The second-order valence-electron chi connectivity index (χ2n) is 5.30. The van der Waals surface area contributed by atoms with Crippen LogP contribution in [0.5, 0.6) is 0 Å². The molecule has 5 heteroatoms. The van der Waals surface area contributed by atoms with Gasteiger partial charge in [-0.05, 0) is 38.0 Å². The minimum atomic E-state index is 0.399. The third-order valence-corrected chi connectivity index (χ3v) is 3.88. The number of anilines is 1. The quantitative estimate of drug-likeness (QED) is 0.844. The highest BCUT2D eigenvalue weighted by molar-refractivity contribution is 5.53. The summed E-state index contributed by atoms with van der Waals surface area (Å²) in [5.74, 6) is 2.13.